The normalized spacial score (nSPS) is 15.6. The first-order valence-corrected chi connectivity index (χ1v) is 10.6. The van der Waals surface area contributed by atoms with E-state index in [-0.39, 0.29) is 10.8 Å². The Hall–Kier alpha value is -1.77. The number of amides is 1. The van der Waals surface area contributed by atoms with Crippen molar-refractivity contribution in [2.75, 3.05) is 6.54 Å². The Balaban J connectivity index is 1.76. The van der Waals surface area contributed by atoms with Crippen molar-refractivity contribution in [1.29, 1.82) is 0 Å². The molecule has 1 atom stereocenters. The largest absolute Gasteiger partial charge is 0.337 e. The van der Waals surface area contributed by atoms with Gasteiger partial charge in [0.25, 0.3) is 0 Å². The van der Waals surface area contributed by atoms with Crippen LogP contribution in [0.25, 0.3) is 0 Å². The molecule has 2 aromatic heterocycles. The first-order chi connectivity index (χ1) is 12.0. The molecule has 1 N–H and O–H groups in total. The van der Waals surface area contributed by atoms with Gasteiger partial charge in [-0.05, 0) is 42.0 Å². The van der Waals surface area contributed by atoms with E-state index in [4.69, 9.17) is 0 Å². The average Bonchev–Trinajstić information content (AvgIpc) is 3.09. The number of nitrogens with one attached hydrogen (secondary N) is 1. The molecule has 0 radical (unpaired) electrons. The van der Waals surface area contributed by atoms with Gasteiger partial charge in [0.15, 0.2) is 0 Å². The highest BCUT2D eigenvalue weighted by molar-refractivity contribution is 7.89. The number of hydrogen-bond acceptors (Lipinski definition) is 5. The lowest BCUT2D eigenvalue weighted by Gasteiger charge is -2.30. The van der Waals surface area contributed by atoms with Crippen LogP contribution in [0, 0.1) is 0 Å². The van der Waals surface area contributed by atoms with Crippen LogP contribution in [-0.2, 0) is 27.8 Å². The molecule has 6 nitrogen and oxygen atoms in total. The monoisotopic (exact) mass is 379 g/mol. The number of pyridine rings is 1. The van der Waals surface area contributed by atoms with Crippen LogP contribution in [0.3, 0.4) is 0 Å². The number of thiophene rings is 1. The number of carbonyl (C=O) groups excluding carboxylic acids is 1. The van der Waals surface area contributed by atoms with Gasteiger partial charge in [0.1, 0.15) is 10.9 Å². The Kier molecular flexibility index (Phi) is 5.51. The van der Waals surface area contributed by atoms with Gasteiger partial charge in [-0.15, -0.1) is 11.3 Å². The molecular weight excluding hydrogens is 358 g/mol. The van der Waals surface area contributed by atoms with Gasteiger partial charge in [-0.3, -0.25) is 9.78 Å². The van der Waals surface area contributed by atoms with E-state index in [2.05, 4.69) is 9.71 Å². The molecular formula is C17H21N3O3S2. The molecule has 1 amide bonds. The summed E-state index contributed by atoms with van der Waals surface area (Å²) in [4.78, 5) is 19.9. The predicted molar refractivity (Wildman–Crippen MR) is 96.7 cm³/mol. The van der Waals surface area contributed by atoms with Gasteiger partial charge in [0.2, 0.25) is 15.9 Å². The molecule has 0 unspecified atom stereocenters. The fourth-order valence-corrected chi connectivity index (χ4v) is 5.02. The van der Waals surface area contributed by atoms with Crippen molar-refractivity contribution in [3.63, 3.8) is 0 Å². The maximum Gasteiger partial charge on any atom is 0.242 e. The Morgan fingerprint density at radius 1 is 1.44 bits per heavy atom. The summed E-state index contributed by atoms with van der Waals surface area (Å²) < 4.78 is 27.7. The second-order valence-electron chi connectivity index (χ2n) is 6.03. The molecule has 0 spiro atoms. The van der Waals surface area contributed by atoms with Crippen molar-refractivity contribution in [2.45, 2.75) is 43.7 Å². The van der Waals surface area contributed by atoms with Gasteiger partial charge in [-0.1, -0.05) is 13.3 Å². The van der Waals surface area contributed by atoms with Crippen LogP contribution in [0.15, 0.2) is 40.9 Å². The third kappa shape index (κ3) is 4.08. The molecule has 1 aliphatic heterocycles. The molecule has 25 heavy (non-hydrogen) atoms. The highest BCUT2D eigenvalue weighted by atomic mass is 32.2. The maximum absolute atomic E-state index is 12.9. The smallest absolute Gasteiger partial charge is 0.242 e. The van der Waals surface area contributed by atoms with E-state index in [1.807, 2.05) is 18.4 Å². The number of hydrogen-bond donors (Lipinski definition) is 1. The Labute approximate surface area is 151 Å². The first-order valence-electron chi connectivity index (χ1n) is 8.27. The number of fused-ring (bicyclic) bond motifs is 1. The van der Waals surface area contributed by atoms with Crippen LogP contribution >= 0.6 is 11.3 Å². The fraction of sp³-hybridized carbons (Fsp3) is 0.412. The van der Waals surface area contributed by atoms with E-state index >= 15 is 0 Å². The lowest BCUT2D eigenvalue weighted by atomic mass is 10.1. The van der Waals surface area contributed by atoms with Gasteiger partial charge in [-0.25, -0.2) is 8.42 Å². The van der Waals surface area contributed by atoms with Crippen LogP contribution < -0.4 is 4.72 Å². The Bertz CT molecular complexity index is 834. The van der Waals surface area contributed by atoms with Crippen molar-refractivity contribution in [1.82, 2.24) is 14.6 Å². The number of aromatic nitrogens is 1. The van der Waals surface area contributed by atoms with Crippen molar-refractivity contribution in [2.24, 2.45) is 0 Å². The van der Waals surface area contributed by atoms with Crippen molar-refractivity contribution in [3.8, 4) is 0 Å². The number of sulfonamides is 1. The third-order valence-corrected chi connectivity index (χ3v) is 6.72. The van der Waals surface area contributed by atoms with E-state index in [0.717, 1.165) is 12.0 Å². The lowest BCUT2D eigenvalue weighted by molar-refractivity contribution is -0.134. The second kappa shape index (κ2) is 7.63. The summed E-state index contributed by atoms with van der Waals surface area (Å²) in [6, 6.07) is 4.32. The van der Waals surface area contributed by atoms with Gasteiger partial charge < -0.3 is 4.90 Å². The molecule has 0 saturated heterocycles. The van der Waals surface area contributed by atoms with E-state index < -0.39 is 16.1 Å². The highest BCUT2D eigenvalue weighted by Crippen LogP contribution is 2.25. The molecule has 0 aliphatic carbocycles. The molecule has 0 aromatic carbocycles. The topological polar surface area (TPSA) is 79.4 Å². The first kappa shape index (κ1) is 18.0. The second-order valence-corrected chi connectivity index (χ2v) is 8.74. The van der Waals surface area contributed by atoms with E-state index in [1.165, 1.54) is 23.3 Å². The fourth-order valence-electron chi connectivity index (χ4n) is 2.94. The number of rotatable bonds is 6. The summed E-state index contributed by atoms with van der Waals surface area (Å²) in [5.41, 5.74) is 1.16. The molecule has 8 heteroatoms. The van der Waals surface area contributed by atoms with Crippen LogP contribution in [0.5, 0.6) is 0 Å². The highest BCUT2D eigenvalue weighted by Gasteiger charge is 2.30. The molecule has 1 aliphatic rings. The number of carbonyl (C=O) groups is 1. The van der Waals surface area contributed by atoms with Crippen molar-refractivity contribution < 1.29 is 13.2 Å². The van der Waals surface area contributed by atoms with E-state index in [1.54, 1.807) is 22.3 Å². The van der Waals surface area contributed by atoms with Crippen LogP contribution in [0.4, 0.5) is 0 Å². The van der Waals surface area contributed by atoms with E-state index in [0.29, 0.717) is 25.9 Å². The zero-order valence-corrected chi connectivity index (χ0v) is 15.6. The predicted octanol–water partition coefficient (Wildman–Crippen LogP) is 2.18. The summed E-state index contributed by atoms with van der Waals surface area (Å²) in [5, 5.41) is 2.04. The average molecular weight is 380 g/mol. The Morgan fingerprint density at radius 2 is 2.28 bits per heavy atom. The lowest BCUT2D eigenvalue weighted by Crippen LogP contribution is -2.49. The van der Waals surface area contributed by atoms with Gasteiger partial charge in [0.05, 0.1) is 0 Å². The summed E-state index contributed by atoms with van der Waals surface area (Å²) in [6.07, 6.45) is 4.80. The maximum atomic E-state index is 12.9. The molecule has 3 rings (SSSR count). The zero-order valence-electron chi connectivity index (χ0n) is 14.0. The van der Waals surface area contributed by atoms with Crippen molar-refractivity contribution in [3.05, 3.63) is 46.4 Å². The Morgan fingerprint density at radius 3 is 3.00 bits per heavy atom. The summed E-state index contributed by atoms with van der Waals surface area (Å²) in [7, 11) is -3.77. The zero-order chi connectivity index (χ0) is 17.9. The minimum atomic E-state index is -3.77. The molecule has 134 valence electrons. The molecule has 0 fully saturated rings. The molecule has 0 bridgehead atoms. The quantitative estimate of drug-likeness (QED) is 0.834. The van der Waals surface area contributed by atoms with Gasteiger partial charge in [-0.2, -0.15) is 4.72 Å². The molecule has 3 heterocycles. The standard InChI is InChI=1S/C17H21N3O3S2/c1-2-4-15(19-25(22,23)14-5-3-8-18-11-14)17(21)20-9-6-16-13(12-20)7-10-24-16/h3,5,7-8,10-11,15,19H,2,4,6,9,12H2,1H3/t15-/m0/s1. The number of nitrogens with zero attached hydrogens (tertiary/aromatic N) is 2. The van der Waals surface area contributed by atoms with Crippen molar-refractivity contribution >= 4 is 27.3 Å². The third-order valence-electron chi connectivity index (χ3n) is 4.24. The van der Waals surface area contributed by atoms with Gasteiger partial charge >= 0.3 is 0 Å². The summed E-state index contributed by atoms with van der Waals surface area (Å²) in [6.45, 7) is 3.11. The van der Waals surface area contributed by atoms with Crippen LogP contribution in [0.1, 0.15) is 30.2 Å². The summed E-state index contributed by atoms with van der Waals surface area (Å²) in [5.74, 6) is -0.161. The molecule has 0 saturated carbocycles. The molecule has 2 aromatic rings. The van der Waals surface area contributed by atoms with Crippen LogP contribution in [0.2, 0.25) is 0 Å². The SMILES string of the molecule is CCC[C@H](NS(=O)(=O)c1cccnc1)C(=O)N1CCc2sccc2C1. The van der Waals surface area contributed by atoms with E-state index in [9.17, 15) is 13.2 Å². The summed E-state index contributed by atoms with van der Waals surface area (Å²) >= 11 is 1.71. The minimum absolute atomic E-state index is 0.0719. The minimum Gasteiger partial charge on any atom is -0.337 e. The van der Waals surface area contributed by atoms with Crippen LogP contribution in [-0.4, -0.2) is 36.8 Å². The van der Waals surface area contributed by atoms with Gasteiger partial charge in [0, 0.05) is 30.4 Å².